The predicted octanol–water partition coefficient (Wildman–Crippen LogP) is 2.86. The average Bonchev–Trinajstić information content (AvgIpc) is 3.11. The number of hydrogen-bond donors (Lipinski definition) is 3. The molecule has 150 valence electrons. The maximum Gasteiger partial charge on any atom is 0.263 e. The third-order valence-electron chi connectivity index (χ3n) is 5.24. The number of thiazole rings is 1. The van der Waals surface area contributed by atoms with Crippen molar-refractivity contribution in [1.82, 2.24) is 20.9 Å². The van der Waals surface area contributed by atoms with Gasteiger partial charge >= 0.3 is 0 Å². The summed E-state index contributed by atoms with van der Waals surface area (Å²) >= 11 is 1.37. The summed E-state index contributed by atoms with van der Waals surface area (Å²) in [6.45, 7) is 6.64. The fraction of sp³-hybridized carbons (Fsp3) is 0.476. The van der Waals surface area contributed by atoms with Gasteiger partial charge in [-0.2, -0.15) is 0 Å². The van der Waals surface area contributed by atoms with Crippen molar-refractivity contribution >= 4 is 23.2 Å². The van der Waals surface area contributed by atoms with Gasteiger partial charge in [0.2, 0.25) is 0 Å². The summed E-state index contributed by atoms with van der Waals surface area (Å²) in [5.74, 6) is 0.731. The van der Waals surface area contributed by atoms with Gasteiger partial charge < -0.3 is 16.0 Å². The number of nitrogens with zero attached hydrogens (tertiary/aromatic N) is 2. The Morgan fingerprint density at radius 2 is 1.93 bits per heavy atom. The van der Waals surface area contributed by atoms with Crippen LogP contribution in [0.25, 0.3) is 0 Å². The topological polar surface area (TPSA) is 78.4 Å². The summed E-state index contributed by atoms with van der Waals surface area (Å²) in [4.78, 5) is 21.8. The maximum atomic E-state index is 12.1. The summed E-state index contributed by atoms with van der Waals surface area (Å²) in [6, 6.07) is 10.7. The molecule has 0 radical (unpaired) electrons. The Morgan fingerprint density at radius 1 is 1.18 bits per heavy atom. The van der Waals surface area contributed by atoms with Crippen molar-refractivity contribution in [3.63, 3.8) is 0 Å². The number of nitrogens with one attached hydrogen (secondary N) is 3. The van der Waals surface area contributed by atoms with Gasteiger partial charge in [0, 0.05) is 25.0 Å². The Kier molecular flexibility index (Phi) is 7.03. The molecule has 1 fully saturated rings. The van der Waals surface area contributed by atoms with Gasteiger partial charge in [-0.1, -0.05) is 36.8 Å². The first-order chi connectivity index (χ1) is 13.6. The van der Waals surface area contributed by atoms with Crippen molar-refractivity contribution in [1.29, 1.82) is 0 Å². The normalized spacial score (nSPS) is 15.6. The van der Waals surface area contributed by atoms with Gasteiger partial charge in [-0.15, -0.1) is 11.3 Å². The van der Waals surface area contributed by atoms with E-state index in [1.807, 2.05) is 6.92 Å². The number of amides is 1. The van der Waals surface area contributed by atoms with E-state index in [0.717, 1.165) is 24.7 Å². The highest BCUT2D eigenvalue weighted by molar-refractivity contribution is 7.11. The second kappa shape index (κ2) is 9.68. The van der Waals surface area contributed by atoms with Crippen LogP contribution in [-0.2, 0) is 5.41 Å². The van der Waals surface area contributed by atoms with Crippen molar-refractivity contribution in [2.45, 2.75) is 38.5 Å². The lowest BCUT2D eigenvalue weighted by atomic mass is 9.64. The van der Waals surface area contributed by atoms with E-state index in [1.54, 1.807) is 5.51 Å². The predicted molar refractivity (Wildman–Crippen MR) is 115 cm³/mol. The first kappa shape index (κ1) is 20.3. The van der Waals surface area contributed by atoms with Gasteiger partial charge in [0.25, 0.3) is 5.91 Å². The molecule has 0 spiro atoms. The van der Waals surface area contributed by atoms with E-state index in [-0.39, 0.29) is 11.3 Å². The number of guanidine groups is 1. The number of carbonyl (C=O) groups is 1. The van der Waals surface area contributed by atoms with Crippen molar-refractivity contribution in [3.05, 3.63) is 52.0 Å². The van der Waals surface area contributed by atoms with Gasteiger partial charge in [0.1, 0.15) is 4.88 Å². The van der Waals surface area contributed by atoms with Crippen LogP contribution in [0.3, 0.4) is 0 Å². The second-order valence-electron chi connectivity index (χ2n) is 7.14. The van der Waals surface area contributed by atoms with Crippen molar-refractivity contribution in [2.24, 2.45) is 4.99 Å². The maximum absolute atomic E-state index is 12.1. The SMILES string of the molecule is CCNC(=NCC1(c2ccccc2)CCC1)NCCNC(=O)c1scnc1C. The lowest BCUT2D eigenvalue weighted by Gasteiger charge is -2.41. The van der Waals surface area contributed by atoms with Crippen molar-refractivity contribution < 1.29 is 4.79 Å². The molecule has 28 heavy (non-hydrogen) atoms. The van der Waals surface area contributed by atoms with Crippen LogP contribution in [0.15, 0.2) is 40.8 Å². The zero-order valence-corrected chi connectivity index (χ0v) is 17.4. The van der Waals surface area contributed by atoms with Gasteiger partial charge in [-0.3, -0.25) is 9.79 Å². The zero-order chi connectivity index (χ0) is 19.8. The van der Waals surface area contributed by atoms with E-state index in [4.69, 9.17) is 4.99 Å². The average molecular weight is 400 g/mol. The molecule has 1 amide bonds. The third-order valence-corrected chi connectivity index (χ3v) is 6.16. The molecule has 0 bridgehead atoms. The molecule has 1 aromatic carbocycles. The number of aliphatic imine (C=N–C) groups is 1. The Bertz CT molecular complexity index is 798. The van der Waals surface area contributed by atoms with Gasteiger partial charge in [-0.25, -0.2) is 4.98 Å². The quantitative estimate of drug-likeness (QED) is 0.362. The molecule has 0 unspecified atom stereocenters. The third kappa shape index (κ3) is 4.90. The van der Waals surface area contributed by atoms with Crippen LogP contribution in [0.4, 0.5) is 0 Å². The number of rotatable bonds is 8. The number of aryl methyl sites for hydroxylation is 1. The zero-order valence-electron chi connectivity index (χ0n) is 16.6. The lowest BCUT2D eigenvalue weighted by Crippen LogP contribution is -2.43. The van der Waals surface area contributed by atoms with Gasteiger partial charge in [0.15, 0.2) is 5.96 Å². The molecule has 0 aliphatic heterocycles. The number of benzene rings is 1. The van der Waals surface area contributed by atoms with Crippen LogP contribution in [0.2, 0.25) is 0 Å². The Labute approximate surface area is 170 Å². The van der Waals surface area contributed by atoms with E-state index in [2.05, 4.69) is 58.2 Å². The summed E-state index contributed by atoms with van der Waals surface area (Å²) in [7, 11) is 0. The van der Waals surface area contributed by atoms with Crippen LogP contribution < -0.4 is 16.0 Å². The highest BCUT2D eigenvalue weighted by atomic mass is 32.1. The second-order valence-corrected chi connectivity index (χ2v) is 8.00. The van der Waals surface area contributed by atoms with Crippen LogP contribution >= 0.6 is 11.3 Å². The molecule has 1 saturated carbocycles. The van der Waals surface area contributed by atoms with Crippen molar-refractivity contribution in [3.8, 4) is 0 Å². The smallest absolute Gasteiger partial charge is 0.263 e. The largest absolute Gasteiger partial charge is 0.357 e. The summed E-state index contributed by atoms with van der Waals surface area (Å²) in [5, 5.41) is 9.55. The standard InChI is InChI=1S/C21H29N5OS/c1-3-22-20(24-13-12-23-19(27)18-16(2)26-15-28-18)25-14-21(10-7-11-21)17-8-5-4-6-9-17/h4-6,8-9,15H,3,7,10-14H2,1-2H3,(H,23,27)(H2,22,24,25). The molecule has 6 nitrogen and oxygen atoms in total. The Morgan fingerprint density at radius 3 is 2.54 bits per heavy atom. The number of carbonyl (C=O) groups excluding carboxylic acids is 1. The molecular weight excluding hydrogens is 370 g/mol. The number of aromatic nitrogens is 1. The molecule has 1 aliphatic rings. The molecule has 7 heteroatoms. The highest BCUT2D eigenvalue weighted by Gasteiger charge is 2.38. The molecule has 2 aromatic rings. The fourth-order valence-corrected chi connectivity index (χ4v) is 4.18. The van der Waals surface area contributed by atoms with Crippen LogP contribution in [0, 0.1) is 6.92 Å². The Hall–Kier alpha value is -2.41. The van der Waals surface area contributed by atoms with E-state index >= 15 is 0 Å². The summed E-state index contributed by atoms with van der Waals surface area (Å²) in [5.41, 5.74) is 4.02. The number of hydrogen-bond acceptors (Lipinski definition) is 4. The van der Waals surface area contributed by atoms with Crippen LogP contribution in [0.1, 0.15) is 47.1 Å². The molecule has 3 rings (SSSR count). The molecule has 0 atom stereocenters. The molecule has 3 N–H and O–H groups in total. The summed E-state index contributed by atoms with van der Waals surface area (Å²) in [6.07, 6.45) is 3.63. The molecule has 0 saturated heterocycles. The van der Waals surface area contributed by atoms with E-state index in [0.29, 0.717) is 18.0 Å². The lowest BCUT2D eigenvalue weighted by molar-refractivity contribution is 0.0957. The molecule has 1 aliphatic carbocycles. The minimum atomic E-state index is -0.0683. The van der Waals surface area contributed by atoms with Gasteiger partial charge in [-0.05, 0) is 32.3 Å². The van der Waals surface area contributed by atoms with Crippen molar-refractivity contribution in [2.75, 3.05) is 26.2 Å². The van der Waals surface area contributed by atoms with E-state index in [1.165, 1.54) is 36.2 Å². The fourth-order valence-electron chi connectivity index (χ4n) is 3.46. The monoisotopic (exact) mass is 399 g/mol. The van der Waals surface area contributed by atoms with E-state index < -0.39 is 0 Å². The summed E-state index contributed by atoms with van der Waals surface area (Å²) < 4.78 is 0. The highest BCUT2D eigenvalue weighted by Crippen LogP contribution is 2.43. The minimum absolute atomic E-state index is 0.0683. The van der Waals surface area contributed by atoms with E-state index in [9.17, 15) is 4.79 Å². The first-order valence-corrected chi connectivity index (χ1v) is 10.8. The molecule has 1 heterocycles. The van der Waals surface area contributed by atoms with Crippen LogP contribution in [0.5, 0.6) is 0 Å². The molecular formula is C21H29N5OS. The van der Waals surface area contributed by atoms with Crippen LogP contribution in [-0.4, -0.2) is 43.0 Å². The molecule has 1 aromatic heterocycles. The Balaban J connectivity index is 1.51. The minimum Gasteiger partial charge on any atom is -0.357 e. The van der Waals surface area contributed by atoms with Gasteiger partial charge in [0.05, 0.1) is 17.7 Å². The first-order valence-electron chi connectivity index (χ1n) is 9.90.